The van der Waals surface area contributed by atoms with Gasteiger partial charge in [0.1, 0.15) is 0 Å². The minimum absolute atomic E-state index is 0.548. The van der Waals surface area contributed by atoms with Crippen molar-refractivity contribution < 1.29 is 9.53 Å². The Labute approximate surface area is 139 Å². The Morgan fingerprint density at radius 2 is 0.864 bits per heavy atom. The highest BCUT2D eigenvalue weighted by molar-refractivity contribution is 5.36. The molecule has 0 spiro atoms. The lowest BCUT2D eigenvalue weighted by Gasteiger charge is -2.03. The van der Waals surface area contributed by atoms with Crippen molar-refractivity contribution in [2.45, 2.75) is 116 Å². The maximum atomic E-state index is 9.95. The summed E-state index contributed by atoms with van der Waals surface area (Å²) in [6.45, 7) is 3.43. The second-order valence-corrected chi connectivity index (χ2v) is 6.62. The Morgan fingerprint density at radius 3 is 1.18 bits per heavy atom. The predicted octanol–water partition coefficient (Wildman–Crippen LogP) is 6.81. The molecule has 0 aromatic carbocycles. The molecular weight excluding hydrogens is 272 g/mol. The molecule has 0 saturated heterocycles. The summed E-state index contributed by atoms with van der Waals surface area (Å²) in [7, 11) is 0. The van der Waals surface area contributed by atoms with E-state index in [-0.39, 0.29) is 0 Å². The minimum atomic E-state index is 0.548. The van der Waals surface area contributed by atoms with E-state index in [0.717, 1.165) is 6.42 Å². The van der Waals surface area contributed by atoms with Crippen molar-refractivity contribution >= 4 is 6.47 Å². The van der Waals surface area contributed by atoms with E-state index in [2.05, 4.69) is 11.7 Å². The number of carbonyl (C=O) groups is 1. The summed E-state index contributed by atoms with van der Waals surface area (Å²) >= 11 is 0. The molecule has 22 heavy (non-hydrogen) atoms. The molecule has 0 bridgehead atoms. The molecule has 0 saturated carbocycles. The van der Waals surface area contributed by atoms with Crippen molar-refractivity contribution in [2.24, 2.45) is 0 Å². The molecule has 0 amide bonds. The molecule has 0 heterocycles. The summed E-state index contributed by atoms with van der Waals surface area (Å²) < 4.78 is 4.68. The predicted molar refractivity (Wildman–Crippen MR) is 96.2 cm³/mol. The van der Waals surface area contributed by atoms with E-state index >= 15 is 0 Å². The van der Waals surface area contributed by atoms with Gasteiger partial charge in [0.05, 0.1) is 6.61 Å². The van der Waals surface area contributed by atoms with Crippen LogP contribution in [-0.2, 0) is 9.53 Å². The molecule has 0 rings (SSSR count). The Kier molecular flexibility index (Phi) is 20.0. The molecule has 0 aliphatic carbocycles. The zero-order chi connectivity index (χ0) is 16.1. The van der Waals surface area contributed by atoms with Gasteiger partial charge >= 0.3 is 0 Å². The van der Waals surface area contributed by atoms with Crippen LogP contribution in [0.1, 0.15) is 116 Å². The van der Waals surface area contributed by atoms with Gasteiger partial charge in [0, 0.05) is 0 Å². The van der Waals surface area contributed by atoms with Gasteiger partial charge in [-0.1, -0.05) is 110 Å². The molecule has 2 heteroatoms. The summed E-state index contributed by atoms with van der Waals surface area (Å²) in [5.41, 5.74) is 0. The fourth-order valence-corrected chi connectivity index (χ4v) is 2.96. The first kappa shape index (κ1) is 21.5. The normalized spacial score (nSPS) is 10.8. The first-order valence-electron chi connectivity index (χ1n) is 9.97. The third-order valence-corrected chi connectivity index (χ3v) is 4.43. The van der Waals surface area contributed by atoms with Crippen LogP contribution in [0.3, 0.4) is 0 Å². The maximum Gasteiger partial charge on any atom is 0.293 e. The fraction of sp³-hybridized carbons (Fsp3) is 0.950. The fourth-order valence-electron chi connectivity index (χ4n) is 2.96. The van der Waals surface area contributed by atoms with Crippen LogP contribution < -0.4 is 0 Å². The third-order valence-electron chi connectivity index (χ3n) is 4.43. The number of hydrogen-bond acceptors (Lipinski definition) is 2. The summed E-state index contributed by atoms with van der Waals surface area (Å²) in [6.07, 6.45) is 23.4. The van der Waals surface area contributed by atoms with Gasteiger partial charge in [-0.2, -0.15) is 0 Å². The largest absolute Gasteiger partial charge is 0.468 e. The first-order valence-corrected chi connectivity index (χ1v) is 9.97. The standard InChI is InChI=1S/C20H40O2/c1-2-3-4-5-6-7-8-9-10-11-12-13-14-15-16-17-18-19-22-20-21/h20H,2-19H2,1H3. The van der Waals surface area contributed by atoms with Crippen LogP contribution in [0.15, 0.2) is 0 Å². The van der Waals surface area contributed by atoms with Crippen LogP contribution in [0.25, 0.3) is 0 Å². The van der Waals surface area contributed by atoms with Crippen molar-refractivity contribution in [3.05, 3.63) is 0 Å². The quantitative estimate of drug-likeness (QED) is 0.193. The van der Waals surface area contributed by atoms with Gasteiger partial charge in [-0.25, -0.2) is 0 Å². The lowest BCUT2D eigenvalue weighted by atomic mass is 10.0. The highest BCUT2D eigenvalue weighted by Crippen LogP contribution is 2.13. The zero-order valence-corrected chi connectivity index (χ0v) is 15.1. The van der Waals surface area contributed by atoms with Crippen LogP contribution >= 0.6 is 0 Å². The number of unbranched alkanes of at least 4 members (excludes halogenated alkanes) is 16. The second-order valence-electron chi connectivity index (χ2n) is 6.62. The maximum absolute atomic E-state index is 9.95. The average Bonchev–Trinajstić information content (AvgIpc) is 2.54. The van der Waals surface area contributed by atoms with Crippen LogP contribution in [0.5, 0.6) is 0 Å². The second kappa shape index (κ2) is 20.5. The molecule has 0 aliphatic heterocycles. The Morgan fingerprint density at radius 1 is 0.545 bits per heavy atom. The highest BCUT2D eigenvalue weighted by atomic mass is 16.5. The van der Waals surface area contributed by atoms with Crippen molar-refractivity contribution in [1.29, 1.82) is 0 Å². The monoisotopic (exact) mass is 312 g/mol. The molecule has 2 nitrogen and oxygen atoms in total. The van der Waals surface area contributed by atoms with Crippen molar-refractivity contribution in [2.75, 3.05) is 6.61 Å². The SMILES string of the molecule is CCCCCCCCCCCCCCCCCCCOC=O. The number of carbonyl (C=O) groups excluding carboxylic acids is 1. The average molecular weight is 313 g/mol. The molecule has 0 atom stereocenters. The lowest BCUT2D eigenvalue weighted by Crippen LogP contribution is -1.91. The minimum Gasteiger partial charge on any atom is -0.468 e. The van der Waals surface area contributed by atoms with Gasteiger partial charge in [-0.05, 0) is 6.42 Å². The molecule has 0 fully saturated rings. The van der Waals surface area contributed by atoms with Crippen LogP contribution in [0, 0.1) is 0 Å². The van der Waals surface area contributed by atoms with Crippen molar-refractivity contribution in [1.82, 2.24) is 0 Å². The van der Waals surface area contributed by atoms with Gasteiger partial charge in [-0.3, -0.25) is 4.79 Å². The molecule has 0 aliphatic rings. The van der Waals surface area contributed by atoms with Crippen LogP contribution in [-0.4, -0.2) is 13.1 Å². The van der Waals surface area contributed by atoms with Crippen LogP contribution in [0.2, 0.25) is 0 Å². The molecule has 0 aromatic rings. The summed E-state index contributed by atoms with van der Waals surface area (Å²) in [4.78, 5) is 9.95. The van der Waals surface area contributed by atoms with E-state index in [4.69, 9.17) is 0 Å². The van der Waals surface area contributed by atoms with Crippen molar-refractivity contribution in [3.8, 4) is 0 Å². The van der Waals surface area contributed by atoms with E-state index in [1.807, 2.05) is 0 Å². The lowest BCUT2D eigenvalue weighted by molar-refractivity contribution is -0.128. The molecule has 0 aromatic heterocycles. The van der Waals surface area contributed by atoms with E-state index in [0.29, 0.717) is 13.1 Å². The summed E-state index contributed by atoms with van der Waals surface area (Å²) in [5.74, 6) is 0. The zero-order valence-electron chi connectivity index (χ0n) is 15.1. The van der Waals surface area contributed by atoms with Gasteiger partial charge in [-0.15, -0.1) is 0 Å². The molecular formula is C20H40O2. The van der Waals surface area contributed by atoms with Crippen molar-refractivity contribution in [3.63, 3.8) is 0 Å². The van der Waals surface area contributed by atoms with Crippen LogP contribution in [0.4, 0.5) is 0 Å². The first-order chi connectivity index (χ1) is 10.9. The van der Waals surface area contributed by atoms with Gasteiger partial charge in [0.25, 0.3) is 6.47 Å². The van der Waals surface area contributed by atoms with E-state index < -0.39 is 0 Å². The molecule has 0 N–H and O–H groups in total. The van der Waals surface area contributed by atoms with Gasteiger partial charge in [0.2, 0.25) is 0 Å². The number of ether oxygens (including phenoxy) is 1. The molecule has 0 radical (unpaired) electrons. The molecule has 0 unspecified atom stereocenters. The van der Waals surface area contributed by atoms with Gasteiger partial charge < -0.3 is 4.74 Å². The Bertz CT molecular complexity index is 204. The van der Waals surface area contributed by atoms with E-state index in [1.165, 1.54) is 103 Å². The van der Waals surface area contributed by atoms with E-state index in [1.54, 1.807) is 0 Å². The van der Waals surface area contributed by atoms with E-state index in [9.17, 15) is 4.79 Å². The van der Waals surface area contributed by atoms with Gasteiger partial charge in [0.15, 0.2) is 0 Å². The topological polar surface area (TPSA) is 26.3 Å². The molecule has 132 valence electrons. The highest BCUT2D eigenvalue weighted by Gasteiger charge is 1.94. The summed E-state index contributed by atoms with van der Waals surface area (Å²) in [6, 6.07) is 0. The number of hydrogen-bond donors (Lipinski definition) is 0. The Hall–Kier alpha value is -0.530. The number of rotatable bonds is 19. The summed E-state index contributed by atoms with van der Waals surface area (Å²) in [5, 5.41) is 0. The Balaban J connectivity index is 2.92. The smallest absolute Gasteiger partial charge is 0.293 e. The third kappa shape index (κ3) is 19.5.